The molecular formula is C11H14ClN5. The molecule has 6 heteroatoms. The summed E-state index contributed by atoms with van der Waals surface area (Å²) >= 11 is 5.83. The van der Waals surface area contributed by atoms with Gasteiger partial charge in [0.05, 0.1) is 17.4 Å². The molecule has 0 radical (unpaired) electrons. The molecule has 2 heterocycles. The van der Waals surface area contributed by atoms with Crippen molar-refractivity contribution in [1.29, 1.82) is 0 Å². The average Bonchev–Trinajstić information content (AvgIpc) is 2.72. The van der Waals surface area contributed by atoms with Crippen LogP contribution < -0.4 is 5.32 Å². The second-order valence-electron chi connectivity index (χ2n) is 3.69. The summed E-state index contributed by atoms with van der Waals surface area (Å²) in [5.41, 5.74) is 0. The molecule has 5 nitrogen and oxygen atoms in total. The van der Waals surface area contributed by atoms with E-state index in [4.69, 9.17) is 11.6 Å². The van der Waals surface area contributed by atoms with Gasteiger partial charge in [0.2, 0.25) is 0 Å². The van der Waals surface area contributed by atoms with Gasteiger partial charge in [0.1, 0.15) is 11.6 Å². The van der Waals surface area contributed by atoms with E-state index in [0.29, 0.717) is 16.7 Å². The number of nitrogens with zero attached hydrogens (tertiary/aromatic N) is 4. The van der Waals surface area contributed by atoms with E-state index in [-0.39, 0.29) is 0 Å². The smallest absolute Gasteiger partial charge is 0.159 e. The topological polar surface area (TPSA) is 55.6 Å². The predicted molar refractivity (Wildman–Crippen MR) is 67.7 cm³/mol. The summed E-state index contributed by atoms with van der Waals surface area (Å²) in [5, 5.41) is 7.93. The van der Waals surface area contributed by atoms with E-state index in [1.165, 1.54) is 0 Å². The fraction of sp³-hybridized carbons (Fsp3) is 0.364. The number of aromatic nitrogens is 4. The second kappa shape index (κ2) is 5.14. The number of anilines is 1. The molecule has 2 aromatic rings. The predicted octanol–water partition coefficient (Wildman–Crippen LogP) is 2.45. The molecule has 2 aromatic heterocycles. The Morgan fingerprint density at radius 1 is 1.41 bits per heavy atom. The molecule has 90 valence electrons. The van der Waals surface area contributed by atoms with E-state index in [0.717, 1.165) is 18.8 Å². The van der Waals surface area contributed by atoms with Crippen LogP contribution in [0.4, 0.5) is 5.82 Å². The molecule has 0 aromatic carbocycles. The average molecular weight is 252 g/mol. The summed E-state index contributed by atoms with van der Waals surface area (Å²) in [6.45, 7) is 4.84. The number of rotatable bonds is 4. The molecule has 0 atom stereocenters. The highest BCUT2D eigenvalue weighted by Gasteiger charge is 2.04. The van der Waals surface area contributed by atoms with Crippen molar-refractivity contribution >= 4 is 17.4 Å². The number of nitrogens with one attached hydrogen (secondary N) is 1. The van der Waals surface area contributed by atoms with Gasteiger partial charge in [-0.15, -0.1) is 0 Å². The van der Waals surface area contributed by atoms with Gasteiger partial charge >= 0.3 is 0 Å². The molecule has 0 aliphatic carbocycles. The van der Waals surface area contributed by atoms with Gasteiger partial charge in [-0.3, -0.25) is 0 Å². The zero-order valence-corrected chi connectivity index (χ0v) is 10.6. The Morgan fingerprint density at radius 3 is 2.88 bits per heavy atom. The summed E-state index contributed by atoms with van der Waals surface area (Å²) < 4.78 is 1.63. The lowest BCUT2D eigenvalue weighted by molar-refractivity contribution is 0.827. The monoisotopic (exact) mass is 251 g/mol. The van der Waals surface area contributed by atoms with E-state index in [1.54, 1.807) is 17.1 Å². The molecule has 0 aliphatic rings. The quantitative estimate of drug-likeness (QED) is 0.907. The highest BCUT2D eigenvalue weighted by Crippen LogP contribution is 2.13. The number of hydrogen-bond donors (Lipinski definition) is 1. The van der Waals surface area contributed by atoms with Crippen LogP contribution in [0.1, 0.15) is 19.2 Å². The van der Waals surface area contributed by atoms with Crippen LogP contribution in [0.3, 0.4) is 0 Å². The van der Waals surface area contributed by atoms with Crippen molar-refractivity contribution in [3.05, 3.63) is 29.3 Å². The molecule has 0 saturated carbocycles. The maximum Gasteiger partial charge on any atom is 0.159 e. The first-order chi connectivity index (χ1) is 8.19. The molecule has 0 saturated heterocycles. The Bertz CT molecular complexity index is 508. The molecule has 0 spiro atoms. The molecule has 0 aliphatic heterocycles. The van der Waals surface area contributed by atoms with Gasteiger partial charge in [-0.1, -0.05) is 18.5 Å². The normalized spacial score (nSPS) is 10.5. The first-order valence-electron chi connectivity index (χ1n) is 5.49. The minimum Gasteiger partial charge on any atom is -0.370 e. The van der Waals surface area contributed by atoms with Gasteiger partial charge < -0.3 is 5.32 Å². The van der Waals surface area contributed by atoms with Gasteiger partial charge in [0.15, 0.2) is 5.82 Å². The molecule has 2 rings (SSSR count). The van der Waals surface area contributed by atoms with Gasteiger partial charge in [-0.05, 0) is 13.3 Å². The van der Waals surface area contributed by atoms with Gasteiger partial charge in [0, 0.05) is 12.6 Å². The molecule has 1 N–H and O–H groups in total. The zero-order valence-electron chi connectivity index (χ0n) is 9.81. The lowest BCUT2D eigenvalue weighted by Gasteiger charge is -2.07. The maximum atomic E-state index is 5.83. The minimum absolute atomic E-state index is 0.587. The standard InChI is InChI=1S/C11H14ClN5/c1-3-4-13-10-5-11(16-8(2)15-10)17-7-9(12)6-14-17/h5-7H,3-4H2,1-2H3,(H,13,15,16). The molecule has 17 heavy (non-hydrogen) atoms. The van der Waals surface area contributed by atoms with Crippen molar-refractivity contribution in [3.63, 3.8) is 0 Å². The molecule has 0 unspecified atom stereocenters. The van der Waals surface area contributed by atoms with Crippen LogP contribution in [-0.4, -0.2) is 26.3 Å². The summed E-state index contributed by atoms with van der Waals surface area (Å²) in [5.74, 6) is 2.22. The van der Waals surface area contributed by atoms with E-state index in [9.17, 15) is 0 Å². The number of halogens is 1. The van der Waals surface area contributed by atoms with E-state index in [1.807, 2.05) is 13.0 Å². The van der Waals surface area contributed by atoms with E-state index >= 15 is 0 Å². The van der Waals surface area contributed by atoms with Crippen molar-refractivity contribution in [1.82, 2.24) is 19.7 Å². The van der Waals surface area contributed by atoms with Crippen molar-refractivity contribution in [2.45, 2.75) is 20.3 Å². The van der Waals surface area contributed by atoms with Crippen LogP contribution in [0.25, 0.3) is 5.82 Å². The van der Waals surface area contributed by atoms with Crippen molar-refractivity contribution < 1.29 is 0 Å². The second-order valence-corrected chi connectivity index (χ2v) is 4.12. The number of aryl methyl sites for hydroxylation is 1. The Hall–Kier alpha value is -1.62. The summed E-state index contributed by atoms with van der Waals surface area (Å²) in [7, 11) is 0. The molecule has 0 amide bonds. The third kappa shape index (κ3) is 2.94. The van der Waals surface area contributed by atoms with Crippen LogP contribution in [0.5, 0.6) is 0 Å². The Morgan fingerprint density at radius 2 is 2.24 bits per heavy atom. The lowest BCUT2D eigenvalue weighted by atomic mass is 10.4. The summed E-state index contributed by atoms with van der Waals surface area (Å²) in [6.07, 6.45) is 4.34. The third-order valence-electron chi connectivity index (χ3n) is 2.17. The Balaban J connectivity index is 2.31. The minimum atomic E-state index is 0.587. The summed E-state index contributed by atoms with van der Waals surface area (Å²) in [6, 6.07) is 1.85. The van der Waals surface area contributed by atoms with Crippen molar-refractivity contribution in [3.8, 4) is 5.82 Å². The van der Waals surface area contributed by atoms with Crippen molar-refractivity contribution in [2.24, 2.45) is 0 Å². The highest BCUT2D eigenvalue weighted by atomic mass is 35.5. The van der Waals surface area contributed by atoms with Gasteiger partial charge in [0.25, 0.3) is 0 Å². The first-order valence-corrected chi connectivity index (χ1v) is 5.87. The van der Waals surface area contributed by atoms with Crippen LogP contribution in [0.2, 0.25) is 5.02 Å². The molecular weight excluding hydrogens is 238 g/mol. The zero-order chi connectivity index (χ0) is 12.3. The third-order valence-corrected chi connectivity index (χ3v) is 2.36. The molecule has 0 fully saturated rings. The van der Waals surface area contributed by atoms with Gasteiger partial charge in [-0.2, -0.15) is 5.10 Å². The Kier molecular flexibility index (Phi) is 3.58. The maximum absolute atomic E-state index is 5.83. The highest BCUT2D eigenvalue weighted by molar-refractivity contribution is 6.30. The first kappa shape index (κ1) is 11.9. The lowest BCUT2D eigenvalue weighted by Crippen LogP contribution is -2.07. The SMILES string of the molecule is CCCNc1cc(-n2cc(Cl)cn2)nc(C)n1. The van der Waals surface area contributed by atoms with Crippen molar-refractivity contribution in [2.75, 3.05) is 11.9 Å². The van der Waals surface area contributed by atoms with Gasteiger partial charge in [-0.25, -0.2) is 14.6 Å². The number of hydrogen-bond acceptors (Lipinski definition) is 4. The molecule has 0 bridgehead atoms. The fourth-order valence-corrected chi connectivity index (χ4v) is 1.58. The van der Waals surface area contributed by atoms with E-state index in [2.05, 4.69) is 27.3 Å². The van der Waals surface area contributed by atoms with Crippen LogP contribution in [-0.2, 0) is 0 Å². The summed E-state index contributed by atoms with van der Waals surface area (Å²) in [4.78, 5) is 8.62. The van der Waals surface area contributed by atoms with Crippen LogP contribution in [0.15, 0.2) is 18.5 Å². The fourth-order valence-electron chi connectivity index (χ4n) is 1.44. The Labute approximate surface area is 105 Å². The van der Waals surface area contributed by atoms with E-state index < -0.39 is 0 Å². The largest absolute Gasteiger partial charge is 0.370 e. The van der Waals surface area contributed by atoms with Crippen LogP contribution >= 0.6 is 11.6 Å². The van der Waals surface area contributed by atoms with Crippen LogP contribution in [0, 0.1) is 6.92 Å².